The second-order valence-corrected chi connectivity index (χ2v) is 3.67. The van der Waals surface area contributed by atoms with Gasteiger partial charge in [-0.05, 0) is 19.9 Å². The molecule has 1 atom stereocenters. The summed E-state index contributed by atoms with van der Waals surface area (Å²) in [7, 11) is 1.62. The molecule has 4 nitrogen and oxygen atoms in total. The van der Waals surface area contributed by atoms with Crippen LogP contribution in [0.1, 0.15) is 29.4 Å². The van der Waals surface area contributed by atoms with E-state index in [2.05, 4.69) is 15.3 Å². The van der Waals surface area contributed by atoms with Gasteiger partial charge in [0.1, 0.15) is 0 Å². The highest BCUT2D eigenvalue weighted by Crippen LogP contribution is 2.39. The summed E-state index contributed by atoms with van der Waals surface area (Å²) in [6.07, 6.45) is -3.40. The third-order valence-corrected chi connectivity index (χ3v) is 2.68. The molecule has 1 aromatic heterocycles. The molecule has 0 bridgehead atoms. The van der Waals surface area contributed by atoms with Crippen LogP contribution in [0.5, 0.6) is 0 Å². The smallest absolute Gasteiger partial charge is 0.368 e. The van der Waals surface area contributed by atoms with Gasteiger partial charge < -0.3 is 11.1 Å². The topological polar surface area (TPSA) is 63.8 Å². The van der Waals surface area contributed by atoms with Gasteiger partial charge in [0, 0.05) is 11.6 Å². The Kier molecular flexibility index (Phi) is 2.49. The quantitative estimate of drug-likeness (QED) is 0.765. The highest BCUT2D eigenvalue weighted by Gasteiger charge is 2.41. The second kappa shape index (κ2) is 3.58. The van der Waals surface area contributed by atoms with Crippen molar-refractivity contribution < 1.29 is 13.2 Å². The molecule has 1 aliphatic rings. The Morgan fingerprint density at radius 2 is 2.06 bits per heavy atom. The molecule has 2 rings (SSSR count). The van der Waals surface area contributed by atoms with Gasteiger partial charge in [-0.1, -0.05) is 0 Å². The number of aryl methyl sites for hydroxylation is 1. The van der Waals surface area contributed by atoms with E-state index in [0.29, 0.717) is 18.5 Å². The Bertz CT molecular complexity index is 416. The second-order valence-electron chi connectivity index (χ2n) is 3.67. The summed E-state index contributed by atoms with van der Waals surface area (Å²) in [5.74, 6) is -0.317. The molecule has 16 heavy (non-hydrogen) atoms. The Balaban J connectivity index is 2.61. The van der Waals surface area contributed by atoms with Gasteiger partial charge in [0.25, 0.3) is 0 Å². The molecule has 3 N–H and O–H groups in total. The number of nitrogen functional groups attached to an aromatic ring is 1. The van der Waals surface area contributed by atoms with E-state index in [-0.39, 0.29) is 17.6 Å². The van der Waals surface area contributed by atoms with Crippen LogP contribution in [0.25, 0.3) is 0 Å². The minimum absolute atomic E-state index is 0.143. The van der Waals surface area contributed by atoms with E-state index in [9.17, 15) is 13.2 Å². The molecule has 1 aliphatic carbocycles. The Labute approximate surface area is 90.1 Å². The molecule has 0 saturated carbocycles. The lowest BCUT2D eigenvalue weighted by atomic mass is 10.1. The van der Waals surface area contributed by atoms with E-state index in [1.54, 1.807) is 7.05 Å². The summed E-state index contributed by atoms with van der Waals surface area (Å²) in [4.78, 5) is 7.17. The number of hydrogen-bond acceptors (Lipinski definition) is 4. The molecule has 0 radical (unpaired) electrons. The molecule has 1 heterocycles. The zero-order chi connectivity index (χ0) is 11.9. The zero-order valence-electron chi connectivity index (χ0n) is 8.60. The summed E-state index contributed by atoms with van der Waals surface area (Å²) < 4.78 is 38.3. The van der Waals surface area contributed by atoms with Gasteiger partial charge in [0.05, 0.1) is 5.69 Å². The van der Waals surface area contributed by atoms with Crippen molar-refractivity contribution in [1.82, 2.24) is 15.3 Å². The van der Waals surface area contributed by atoms with Crippen LogP contribution in [-0.4, -0.2) is 17.0 Å². The van der Waals surface area contributed by atoms with Crippen molar-refractivity contribution in [2.75, 3.05) is 12.8 Å². The van der Waals surface area contributed by atoms with Crippen molar-refractivity contribution in [3.05, 3.63) is 17.0 Å². The molecular formula is C9H11F3N4. The molecule has 0 aliphatic heterocycles. The Morgan fingerprint density at radius 3 is 2.62 bits per heavy atom. The van der Waals surface area contributed by atoms with E-state index < -0.39 is 11.9 Å². The predicted octanol–water partition coefficient (Wildman–Crippen LogP) is 1.28. The van der Waals surface area contributed by atoms with Crippen LogP contribution < -0.4 is 11.1 Å². The summed E-state index contributed by atoms with van der Waals surface area (Å²) in [5.41, 5.74) is 4.91. The number of nitrogens with two attached hydrogens (primary N) is 1. The van der Waals surface area contributed by atoms with E-state index in [0.717, 1.165) is 0 Å². The fourth-order valence-electron chi connectivity index (χ4n) is 2.02. The lowest BCUT2D eigenvalue weighted by Gasteiger charge is -2.16. The number of anilines is 1. The number of alkyl halides is 3. The summed E-state index contributed by atoms with van der Waals surface area (Å²) in [5, 5.41) is 2.83. The SMILES string of the molecule is CNC1CCc2nc(N)nc(C(F)(F)F)c21. The number of halogens is 3. The monoisotopic (exact) mass is 232 g/mol. The van der Waals surface area contributed by atoms with Crippen molar-refractivity contribution in [1.29, 1.82) is 0 Å². The number of nitrogens with zero attached hydrogens (tertiary/aromatic N) is 2. The number of rotatable bonds is 1. The first-order valence-corrected chi connectivity index (χ1v) is 4.84. The average Bonchev–Trinajstić information content (AvgIpc) is 2.57. The maximum Gasteiger partial charge on any atom is 0.433 e. The van der Waals surface area contributed by atoms with Gasteiger partial charge in [0.2, 0.25) is 5.95 Å². The molecule has 0 saturated heterocycles. The van der Waals surface area contributed by atoms with Crippen molar-refractivity contribution in [3.8, 4) is 0 Å². The van der Waals surface area contributed by atoms with Crippen LogP contribution in [0.3, 0.4) is 0 Å². The summed E-state index contributed by atoms with van der Waals surface area (Å²) in [6, 6.07) is -0.341. The normalized spacial score (nSPS) is 19.9. The first-order valence-electron chi connectivity index (χ1n) is 4.84. The lowest BCUT2D eigenvalue weighted by molar-refractivity contribution is -0.142. The van der Waals surface area contributed by atoms with Gasteiger partial charge in [0.15, 0.2) is 5.69 Å². The molecule has 88 valence electrons. The van der Waals surface area contributed by atoms with Crippen LogP contribution in [0.15, 0.2) is 0 Å². The van der Waals surface area contributed by atoms with Crippen LogP contribution in [0.4, 0.5) is 19.1 Å². The van der Waals surface area contributed by atoms with Crippen LogP contribution in [0.2, 0.25) is 0 Å². The zero-order valence-corrected chi connectivity index (χ0v) is 8.60. The maximum absolute atomic E-state index is 12.8. The van der Waals surface area contributed by atoms with E-state index >= 15 is 0 Å². The molecule has 0 spiro atoms. The summed E-state index contributed by atoms with van der Waals surface area (Å²) in [6.45, 7) is 0. The first-order chi connectivity index (χ1) is 7.43. The molecular weight excluding hydrogens is 221 g/mol. The first kappa shape index (κ1) is 11.1. The fourth-order valence-corrected chi connectivity index (χ4v) is 2.02. The van der Waals surface area contributed by atoms with Gasteiger partial charge in [-0.3, -0.25) is 0 Å². The van der Waals surface area contributed by atoms with Crippen molar-refractivity contribution in [3.63, 3.8) is 0 Å². The van der Waals surface area contributed by atoms with Crippen molar-refractivity contribution in [2.45, 2.75) is 25.1 Å². The van der Waals surface area contributed by atoms with Crippen molar-refractivity contribution >= 4 is 5.95 Å². The molecule has 1 aromatic rings. The Morgan fingerprint density at radius 1 is 1.38 bits per heavy atom. The molecule has 0 amide bonds. The van der Waals surface area contributed by atoms with Gasteiger partial charge in [-0.15, -0.1) is 0 Å². The molecule has 7 heteroatoms. The molecule has 1 unspecified atom stereocenters. The minimum Gasteiger partial charge on any atom is -0.368 e. The number of aromatic nitrogens is 2. The third-order valence-electron chi connectivity index (χ3n) is 2.68. The number of fused-ring (bicyclic) bond motifs is 1. The van der Waals surface area contributed by atoms with E-state index in [1.807, 2.05) is 0 Å². The minimum atomic E-state index is -4.49. The number of nitrogens with one attached hydrogen (secondary N) is 1. The largest absolute Gasteiger partial charge is 0.433 e. The van der Waals surface area contributed by atoms with Gasteiger partial charge in [-0.2, -0.15) is 13.2 Å². The van der Waals surface area contributed by atoms with Crippen LogP contribution in [0, 0.1) is 0 Å². The Hall–Kier alpha value is -1.37. The fraction of sp³-hybridized carbons (Fsp3) is 0.556. The van der Waals surface area contributed by atoms with Crippen molar-refractivity contribution in [2.24, 2.45) is 0 Å². The lowest BCUT2D eigenvalue weighted by Crippen LogP contribution is -2.21. The third kappa shape index (κ3) is 1.71. The molecule has 0 aromatic carbocycles. The van der Waals surface area contributed by atoms with Crippen LogP contribution in [-0.2, 0) is 12.6 Å². The average molecular weight is 232 g/mol. The maximum atomic E-state index is 12.8. The van der Waals surface area contributed by atoms with Crippen LogP contribution >= 0.6 is 0 Å². The summed E-state index contributed by atoms with van der Waals surface area (Å²) >= 11 is 0. The van der Waals surface area contributed by atoms with Gasteiger partial charge in [-0.25, -0.2) is 9.97 Å². The van der Waals surface area contributed by atoms with Gasteiger partial charge >= 0.3 is 6.18 Å². The number of hydrogen-bond donors (Lipinski definition) is 2. The highest BCUT2D eigenvalue weighted by molar-refractivity contribution is 5.39. The van der Waals surface area contributed by atoms with E-state index in [1.165, 1.54) is 0 Å². The highest BCUT2D eigenvalue weighted by atomic mass is 19.4. The predicted molar refractivity (Wildman–Crippen MR) is 51.6 cm³/mol. The standard InChI is InChI=1S/C9H11F3N4/c1-14-4-2-3-5-6(4)7(9(10,11)12)16-8(13)15-5/h4,14H,2-3H2,1H3,(H2,13,15,16). The molecule has 0 fully saturated rings. The van der Waals surface area contributed by atoms with E-state index in [4.69, 9.17) is 5.73 Å².